The average molecular weight is 284 g/mol. The van der Waals surface area contributed by atoms with Crippen molar-refractivity contribution in [1.29, 1.82) is 0 Å². The van der Waals surface area contributed by atoms with E-state index in [2.05, 4.69) is 29.1 Å². The number of aromatic nitrogens is 3. The number of nitrogens with zero attached hydrogens (tertiary/aromatic N) is 3. The van der Waals surface area contributed by atoms with E-state index in [-0.39, 0.29) is 0 Å². The van der Waals surface area contributed by atoms with E-state index in [1.165, 1.54) is 5.56 Å². The lowest BCUT2D eigenvalue weighted by atomic mass is 10.1. The Bertz CT molecular complexity index is 699. The van der Waals surface area contributed by atoms with Gasteiger partial charge in [-0.25, -0.2) is 9.67 Å². The van der Waals surface area contributed by atoms with Gasteiger partial charge in [0.2, 0.25) is 0 Å². The van der Waals surface area contributed by atoms with Crippen LogP contribution >= 0.6 is 11.6 Å². The number of hydrogen-bond acceptors (Lipinski definition) is 2. The molecule has 0 unspecified atom stereocenters. The summed E-state index contributed by atoms with van der Waals surface area (Å²) in [6.45, 7) is 4.06. The van der Waals surface area contributed by atoms with Crippen LogP contribution in [0.5, 0.6) is 0 Å². The molecule has 0 bridgehead atoms. The van der Waals surface area contributed by atoms with E-state index in [1.807, 2.05) is 41.9 Å². The van der Waals surface area contributed by atoms with Gasteiger partial charge in [0.1, 0.15) is 5.15 Å². The van der Waals surface area contributed by atoms with Crippen LogP contribution in [0.25, 0.3) is 16.9 Å². The Labute approximate surface area is 122 Å². The van der Waals surface area contributed by atoms with Crippen LogP contribution in [-0.2, 0) is 0 Å². The molecule has 0 N–H and O–H groups in total. The Hall–Kier alpha value is -2.13. The summed E-state index contributed by atoms with van der Waals surface area (Å²) in [6, 6.07) is 14.1. The van der Waals surface area contributed by atoms with E-state index < -0.39 is 0 Å². The first-order valence-electron chi connectivity index (χ1n) is 6.39. The fourth-order valence-corrected chi connectivity index (χ4v) is 2.40. The molecule has 3 rings (SSSR count). The van der Waals surface area contributed by atoms with Crippen LogP contribution in [0.3, 0.4) is 0 Å². The Morgan fingerprint density at radius 1 is 1.05 bits per heavy atom. The zero-order valence-corrected chi connectivity index (χ0v) is 12.1. The zero-order chi connectivity index (χ0) is 14.1. The molecule has 3 aromatic rings. The van der Waals surface area contributed by atoms with Gasteiger partial charge in [-0.05, 0) is 49.7 Å². The summed E-state index contributed by atoms with van der Waals surface area (Å²) in [4.78, 5) is 4.02. The summed E-state index contributed by atoms with van der Waals surface area (Å²) in [5, 5.41) is 5.06. The maximum absolute atomic E-state index is 5.98. The van der Waals surface area contributed by atoms with Gasteiger partial charge in [-0.3, -0.25) is 0 Å². The molecule has 3 nitrogen and oxygen atoms in total. The normalized spacial score (nSPS) is 10.8. The molecule has 0 radical (unpaired) electrons. The standard InChI is InChI=1S/C16H14ClN3/c1-11-4-3-5-14(8-11)20-15(9-12(2)19-20)13-6-7-18-16(17)10-13/h3-10H,1-2H3. The Morgan fingerprint density at radius 2 is 1.90 bits per heavy atom. The summed E-state index contributed by atoms with van der Waals surface area (Å²) < 4.78 is 1.94. The number of hydrogen-bond donors (Lipinski definition) is 0. The molecule has 0 amide bonds. The third-order valence-corrected chi connectivity index (χ3v) is 3.31. The van der Waals surface area contributed by atoms with Crippen molar-refractivity contribution in [2.45, 2.75) is 13.8 Å². The molecule has 0 aliphatic rings. The third kappa shape index (κ3) is 2.45. The van der Waals surface area contributed by atoms with Crippen LogP contribution in [-0.4, -0.2) is 14.8 Å². The molecule has 0 aliphatic carbocycles. The Balaban J connectivity index is 2.18. The quantitative estimate of drug-likeness (QED) is 0.660. The van der Waals surface area contributed by atoms with Gasteiger partial charge in [0.15, 0.2) is 0 Å². The van der Waals surface area contributed by atoms with Crippen molar-refractivity contribution in [3.63, 3.8) is 0 Å². The molecule has 0 atom stereocenters. The highest BCUT2D eigenvalue weighted by molar-refractivity contribution is 6.29. The molecule has 20 heavy (non-hydrogen) atoms. The summed E-state index contributed by atoms with van der Waals surface area (Å²) in [5.74, 6) is 0. The number of halogens is 1. The predicted octanol–water partition coefficient (Wildman–Crippen LogP) is 4.20. The van der Waals surface area contributed by atoms with Gasteiger partial charge in [-0.15, -0.1) is 0 Å². The van der Waals surface area contributed by atoms with Crippen molar-refractivity contribution in [2.24, 2.45) is 0 Å². The van der Waals surface area contributed by atoms with Gasteiger partial charge >= 0.3 is 0 Å². The molecule has 0 saturated carbocycles. The third-order valence-electron chi connectivity index (χ3n) is 3.10. The van der Waals surface area contributed by atoms with Crippen molar-refractivity contribution >= 4 is 11.6 Å². The van der Waals surface area contributed by atoms with Gasteiger partial charge in [0.05, 0.1) is 17.1 Å². The topological polar surface area (TPSA) is 30.7 Å². The van der Waals surface area contributed by atoms with Crippen LogP contribution in [0.15, 0.2) is 48.7 Å². The highest BCUT2D eigenvalue weighted by Crippen LogP contribution is 2.25. The first kappa shape index (κ1) is 12.9. The molecule has 0 fully saturated rings. The Morgan fingerprint density at radius 3 is 2.65 bits per heavy atom. The first-order chi connectivity index (χ1) is 9.63. The van der Waals surface area contributed by atoms with Gasteiger partial charge < -0.3 is 0 Å². The van der Waals surface area contributed by atoms with Gasteiger partial charge in [-0.1, -0.05) is 23.7 Å². The molecular formula is C16H14ClN3. The molecule has 2 heterocycles. The summed E-state index contributed by atoms with van der Waals surface area (Å²) in [7, 11) is 0. The van der Waals surface area contributed by atoms with Crippen LogP contribution < -0.4 is 0 Å². The van der Waals surface area contributed by atoms with E-state index in [0.29, 0.717) is 5.15 Å². The van der Waals surface area contributed by atoms with Crippen molar-refractivity contribution in [2.75, 3.05) is 0 Å². The lowest BCUT2D eigenvalue weighted by Crippen LogP contribution is -1.99. The van der Waals surface area contributed by atoms with E-state index in [4.69, 9.17) is 11.6 Å². The van der Waals surface area contributed by atoms with Gasteiger partial charge in [0.25, 0.3) is 0 Å². The second-order valence-corrected chi connectivity index (χ2v) is 5.18. The number of rotatable bonds is 2. The van der Waals surface area contributed by atoms with E-state index in [1.54, 1.807) is 6.20 Å². The summed E-state index contributed by atoms with van der Waals surface area (Å²) in [6.07, 6.45) is 1.71. The van der Waals surface area contributed by atoms with Crippen molar-refractivity contribution in [3.05, 3.63) is 65.1 Å². The molecule has 1 aromatic carbocycles. The maximum Gasteiger partial charge on any atom is 0.129 e. The minimum absolute atomic E-state index is 0.483. The minimum atomic E-state index is 0.483. The molecule has 0 aliphatic heterocycles. The van der Waals surface area contributed by atoms with Crippen LogP contribution in [0.1, 0.15) is 11.3 Å². The largest absolute Gasteiger partial charge is 0.245 e. The van der Waals surface area contributed by atoms with Gasteiger partial charge in [0, 0.05) is 11.8 Å². The van der Waals surface area contributed by atoms with Crippen molar-refractivity contribution < 1.29 is 0 Å². The van der Waals surface area contributed by atoms with Gasteiger partial charge in [-0.2, -0.15) is 5.10 Å². The van der Waals surface area contributed by atoms with Crippen molar-refractivity contribution in [3.8, 4) is 16.9 Å². The fraction of sp³-hybridized carbons (Fsp3) is 0.125. The van der Waals surface area contributed by atoms with E-state index in [0.717, 1.165) is 22.6 Å². The smallest absolute Gasteiger partial charge is 0.129 e. The maximum atomic E-state index is 5.98. The zero-order valence-electron chi connectivity index (χ0n) is 11.3. The molecule has 2 aromatic heterocycles. The summed E-state index contributed by atoms with van der Waals surface area (Å²) >= 11 is 5.98. The average Bonchev–Trinajstić information content (AvgIpc) is 2.81. The lowest BCUT2D eigenvalue weighted by Gasteiger charge is -2.08. The molecule has 0 spiro atoms. The molecular weight excluding hydrogens is 270 g/mol. The molecule has 4 heteroatoms. The van der Waals surface area contributed by atoms with E-state index in [9.17, 15) is 0 Å². The number of aryl methyl sites for hydroxylation is 2. The Kier molecular flexibility index (Phi) is 3.28. The lowest BCUT2D eigenvalue weighted by molar-refractivity contribution is 0.868. The van der Waals surface area contributed by atoms with Crippen LogP contribution in [0, 0.1) is 13.8 Å². The minimum Gasteiger partial charge on any atom is -0.245 e. The van der Waals surface area contributed by atoms with Crippen LogP contribution in [0.4, 0.5) is 0 Å². The summed E-state index contributed by atoms with van der Waals surface area (Å²) in [5.41, 5.74) is 5.23. The second-order valence-electron chi connectivity index (χ2n) is 4.79. The molecule has 100 valence electrons. The SMILES string of the molecule is Cc1cccc(-n2nc(C)cc2-c2ccnc(Cl)c2)c1. The molecule has 0 saturated heterocycles. The van der Waals surface area contributed by atoms with E-state index >= 15 is 0 Å². The highest BCUT2D eigenvalue weighted by atomic mass is 35.5. The van der Waals surface area contributed by atoms with Crippen LogP contribution in [0.2, 0.25) is 5.15 Å². The monoisotopic (exact) mass is 283 g/mol. The number of pyridine rings is 1. The highest BCUT2D eigenvalue weighted by Gasteiger charge is 2.10. The van der Waals surface area contributed by atoms with Crippen molar-refractivity contribution in [1.82, 2.24) is 14.8 Å². The number of benzene rings is 1. The first-order valence-corrected chi connectivity index (χ1v) is 6.77. The predicted molar refractivity (Wildman–Crippen MR) is 81.3 cm³/mol. The fourth-order valence-electron chi connectivity index (χ4n) is 2.22. The second kappa shape index (κ2) is 5.10.